The number of carbonyl (C=O) groups is 3. The van der Waals surface area contributed by atoms with Crippen molar-refractivity contribution in [3.05, 3.63) is 93.0 Å². The number of aromatic carboxylic acids is 1. The van der Waals surface area contributed by atoms with Gasteiger partial charge in [0.1, 0.15) is 12.2 Å². The minimum atomic E-state index is -1.03. The van der Waals surface area contributed by atoms with E-state index in [1.165, 1.54) is 37.5 Å². The van der Waals surface area contributed by atoms with Crippen LogP contribution in [0.4, 0.5) is 5.69 Å². The highest BCUT2D eigenvalue weighted by molar-refractivity contribution is 7.80. The second-order valence-corrected chi connectivity index (χ2v) is 8.96. The number of halogens is 2. The summed E-state index contributed by atoms with van der Waals surface area (Å²) >= 11 is 17.3. The van der Waals surface area contributed by atoms with Gasteiger partial charge in [0.05, 0.1) is 28.4 Å². The van der Waals surface area contributed by atoms with E-state index in [9.17, 15) is 14.4 Å². The van der Waals surface area contributed by atoms with E-state index in [0.29, 0.717) is 33.3 Å². The summed E-state index contributed by atoms with van der Waals surface area (Å²) in [5, 5.41) is 12.1. The Morgan fingerprint density at radius 1 is 1.05 bits per heavy atom. The first kappa shape index (κ1) is 26.2. The lowest BCUT2D eigenvalue weighted by Gasteiger charge is -2.29. The number of thiocarbonyl (C=S) groups is 1. The van der Waals surface area contributed by atoms with Crippen LogP contribution in [0.15, 0.2) is 66.2 Å². The third-order valence-electron chi connectivity index (χ3n) is 5.33. The monoisotopic (exact) mass is 556 g/mol. The van der Waals surface area contributed by atoms with Gasteiger partial charge in [0.2, 0.25) is 0 Å². The second kappa shape index (κ2) is 11.0. The molecule has 2 N–H and O–H groups in total. The third-order valence-corrected chi connectivity index (χ3v) is 6.35. The Labute approximate surface area is 227 Å². The number of carboxylic acids is 1. The van der Waals surface area contributed by atoms with E-state index in [4.69, 9.17) is 50.0 Å². The molecule has 0 radical (unpaired) electrons. The fourth-order valence-corrected chi connectivity index (χ4v) is 4.10. The lowest BCUT2D eigenvalue weighted by molar-refractivity contribution is -0.122. The number of amides is 2. The zero-order valence-electron chi connectivity index (χ0n) is 19.2. The molecule has 0 spiro atoms. The molecule has 0 aliphatic carbocycles. The van der Waals surface area contributed by atoms with Gasteiger partial charge in [-0.25, -0.2) is 4.79 Å². The van der Waals surface area contributed by atoms with Crippen LogP contribution in [0.25, 0.3) is 6.08 Å². The Balaban J connectivity index is 1.58. The zero-order valence-corrected chi connectivity index (χ0v) is 21.5. The lowest BCUT2D eigenvalue weighted by atomic mass is 10.1. The van der Waals surface area contributed by atoms with Crippen LogP contribution in [0.2, 0.25) is 10.0 Å². The van der Waals surface area contributed by atoms with Crippen LogP contribution in [-0.4, -0.2) is 35.1 Å². The van der Waals surface area contributed by atoms with E-state index in [-0.39, 0.29) is 27.9 Å². The molecule has 188 valence electrons. The van der Waals surface area contributed by atoms with Gasteiger partial charge >= 0.3 is 5.97 Å². The van der Waals surface area contributed by atoms with Crippen LogP contribution in [0.3, 0.4) is 0 Å². The highest BCUT2D eigenvalue weighted by Gasteiger charge is 2.34. The van der Waals surface area contributed by atoms with Crippen molar-refractivity contribution in [1.82, 2.24) is 5.32 Å². The van der Waals surface area contributed by atoms with Gasteiger partial charge in [-0.05, 0) is 71.9 Å². The van der Waals surface area contributed by atoms with Gasteiger partial charge in [-0.1, -0.05) is 41.4 Å². The minimum Gasteiger partial charge on any atom is -0.493 e. The Bertz CT molecular complexity index is 1470. The Morgan fingerprint density at radius 2 is 1.84 bits per heavy atom. The molecule has 1 aliphatic rings. The van der Waals surface area contributed by atoms with Crippen LogP contribution >= 0.6 is 35.4 Å². The summed E-state index contributed by atoms with van der Waals surface area (Å²) in [5.41, 5.74) is 1.51. The molecule has 3 aromatic rings. The van der Waals surface area contributed by atoms with E-state index < -0.39 is 17.8 Å². The van der Waals surface area contributed by atoms with Gasteiger partial charge in [0, 0.05) is 0 Å². The Hall–Kier alpha value is -3.92. The molecule has 2 amide bonds. The quantitative estimate of drug-likeness (QED) is 0.236. The van der Waals surface area contributed by atoms with Crippen molar-refractivity contribution in [2.45, 2.75) is 6.61 Å². The van der Waals surface area contributed by atoms with Gasteiger partial charge in [0.15, 0.2) is 16.6 Å². The van der Waals surface area contributed by atoms with Crippen molar-refractivity contribution in [1.29, 1.82) is 0 Å². The number of hydrogen-bond acceptors (Lipinski definition) is 6. The number of nitrogens with zero attached hydrogens (tertiary/aromatic N) is 1. The molecule has 4 rings (SSSR count). The molecule has 0 saturated carbocycles. The standard InChI is InChI=1S/C26H18Cl2N2O6S/c1-35-22-11-14(5-8-21(22)36-13-15-3-2-4-16(9-15)25(33)34)10-18-23(31)29-26(37)30(24(18)32)17-6-7-19(27)20(28)12-17/h2-12H,13H2,1H3,(H,33,34)(H,29,31,37)/b18-10+. The van der Waals surface area contributed by atoms with Crippen molar-refractivity contribution in [3.8, 4) is 11.5 Å². The van der Waals surface area contributed by atoms with Crippen LogP contribution in [0, 0.1) is 0 Å². The molecule has 8 nitrogen and oxygen atoms in total. The smallest absolute Gasteiger partial charge is 0.335 e. The third kappa shape index (κ3) is 5.75. The maximum atomic E-state index is 13.2. The summed E-state index contributed by atoms with van der Waals surface area (Å²) in [6.07, 6.45) is 1.41. The summed E-state index contributed by atoms with van der Waals surface area (Å²) in [5.74, 6) is -1.57. The molecular formula is C26H18Cl2N2O6S. The minimum absolute atomic E-state index is 0.0844. The van der Waals surface area contributed by atoms with Gasteiger partial charge in [0.25, 0.3) is 11.8 Å². The van der Waals surface area contributed by atoms with Crippen LogP contribution in [0.5, 0.6) is 11.5 Å². The SMILES string of the molecule is COc1cc(/C=C2\C(=O)NC(=S)N(c3ccc(Cl)c(Cl)c3)C2=O)ccc1OCc1cccc(C(=O)O)c1. The molecular weight excluding hydrogens is 539 g/mol. The van der Waals surface area contributed by atoms with Crippen molar-refractivity contribution in [2.24, 2.45) is 0 Å². The van der Waals surface area contributed by atoms with Crippen molar-refractivity contribution in [2.75, 3.05) is 12.0 Å². The molecule has 0 atom stereocenters. The number of hydrogen-bond donors (Lipinski definition) is 2. The molecule has 0 bridgehead atoms. The number of anilines is 1. The first-order valence-corrected chi connectivity index (χ1v) is 11.8. The average Bonchev–Trinajstić information content (AvgIpc) is 2.87. The highest BCUT2D eigenvalue weighted by atomic mass is 35.5. The molecule has 0 unspecified atom stereocenters. The number of ether oxygens (including phenoxy) is 2. The Kier molecular flexibility index (Phi) is 7.77. The predicted molar refractivity (Wildman–Crippen MR) is 143 cm³/mol. The summed E-state index contributed by atoms with van der Waals surface area (Å²) < 4.78 is 11.2. The number of carbonyl (C=O) groups excluding carboxylic acids is 2. The van der Waals surface area contributed by atoms with E-state index in [0.717, 1.165) is 4.90 Å². The topological polar surface area (TPSA) is 105 Å². The number of carboxylic acid groups (broad SMARTS) is 1. The van der Waals surface area contributed by atoms with Crippen molar-refractivity contribution >= 4 is 70.1 Å². The van der Waals surface area contributed by atoms with Gasteiger partial charge in [-0.2, -0.15) is 0 Å². The van der Waals surface area contributed by atoms with Gasteiger partial charge < -0.3 is 14.6 Å². The van der Waals surface area contributed by atoms with Gasteiger partial charge in [-0.15, -0.1) is 0 Å². The van der Waals surface area contributed by atoms with Crippen LogP contribution in [0.1, 0.15) is 21.5 Å². The first-order valence-electron chi connectivity index (χ1n) is 10.7. The lowest BCUT2D eigenvalue weighted by Crippen LogP contribution is -2.54. The summed E-state index contributed by atoms with van der Waals surface area (Å²) in [7, 11) is 1.45. The predicted octanol–water partition coefficient (Wildman–Crippen LogP) is 5.11. The molecule has 1 heterocycles. The molecule has 0 aromatic heterocycles. The van der Waals surface area contributed by atoms with Crippen LogP contribution < -0.4 is 19.7 Å². The fraction of sp³-hybridized carbons (Fsp3) is 0.0769. The molecule has 1 aliphatic heterocycles. The molecule has 1 fully saturated rings. The van der Waals surface area contributed by atoms with Crippen molar-refractivity contribution < 1.29 is 29.0 Å². The molecule has 1 saturated heterocycles. The first-order chi connectivity index (χ1) is 17.7. The van der Waals surface area contributed by atoms with E-state index in [1.54, 1.807) is 36.4 Å². The maximum Gasteiger partial charge on any atom is 0.335 e. The van der Waals surface area contributed by atoms with E-state index in [1.807, 2.05) is 0 Å². The summed E-state index contributed by atoms with van der Waals surface area (Å²) in [6.45, 7) is 0.106. The van der Waals surface area contributed by atoms with Crippen LogP contribution in [-0.2, 0) is 16.2 Å². The van der Waals surface area contributed by atoms with Crippen molar-refractivity contribution in [3.63, 3.8) is 0 Å². The average molecular weight is 557 g/mol. The Morgan fingerprint density at radius 3 is 2.54 bits per heavy atom. The molecule has 11 heteroatoms. The number of rotatable bonds is 7. The largest absolute Gasteiger partial charge is 0.493 e. The fourth-order valence-electron chi connectivity index (χ4n) is 3.53. The maximum absolute atomic E-state index is 13.2. The number of nitrogens with one attached hydrogen (secondary N) is 1. The normalized spacial score (nSPS) is 14.5. The molecule has 3 aromatic carbocycles. The summed E-state index contributed by atoms with van der Waals surface area (Å²) in [4.78, 5) is 38.2. The highest BCUT2D eigenvalue weighted by Crippen LogP contribution is 2.32. The summed E-state index contributed by atoms with van der Waals surface area (Å²) in [6, 6.07) is 15.8. The number of benzene rings is 3. The zero-order chi connectivity index (χ0) is 26.7. The van der Waals surface area contributed by atoms with E-state index in [2.05, 4.69) is 5.32 Å². The molecule has 37 heavy (non-hydrogen) atoms. The van der Waals surface area contributed by atoms with E-state index >= 15 is 0 Å². The second-order valence-electron chi connectivity index (χ2n) is 7.76. The number of methoxy groups -OCH3 is 1. The van der Waals surface area contributed by atoms with Gasteiger partial charge in [-0.3, -0.25) is 19.8 Å².